The third-order valence-corrected chi connectivity index (χ3v) is 4.65. The minimum atomic E-state index is 0. The van der Waals surface area contributed by atoms with Crippen molar-refractivity contribution in [3.8, 4) is 5.75 Å². The summed E-state index contributed by atoms with van der Waals surface area (Å²) in [5, 5.41) is 9.86. The van der Waals surface area contributed by atoms with Crippen molar-refractivity contribution in [2.75, 3.05) is 19.7 Å². The molecule has 0 amide bonds. The molecule has 2 N–H and O–H groups in total. The van der Waals surface area contributed by atoms with Gasteiger partial charge in [0.25, 0.3) is 0 Å². The maximum Gasteiger partial charge on any atom is 0.191 e. The van der Waals surface area contributed by atoms with Gasteiger partial charge in [0.15, 0.2) is 5.96 Å². The first-order valence-electron chi connectivity index (χ1n) is 9.30. The van der Waals surface area contributed by atoms with Gasteiger partial charge in [-0.05, 0) is 43.9 Å². The number of rotatable bonds is 9. The van der Waals surface area contributed by atoms with Gasteiger partial charge in [0.05, 0.1) is 18.8 Å². The molecule has 0 unspecified atom stereocenters. The van der Waals surface area contributed by atoms with Crippen LogP contribution in [0.15, 0.2) is 34.6 Å². The van der Waals surface area contributed by atoms with Crippen molar-refractivity contribution in [3.05, 3.63) is 45.9 Å². The topological polar surface area (TPSA) is 58.5 Å². The number of nitrogens with one attached hydrogen (secondary N) is 2. The van der Waals surface area contributed by atoms with Gasteiger partial charge < -0.3 is 15.4 Å². The molecule has 0 saturated carbocycles. The van der Waals surface area contributed by atoms with Crippen LogP contribution in [0.25, 0.3) is 0 Å². The normalized spacial score (nSPS) is 11.2. The average Bonchev–Trinajstić information content (AvgIpc) is 3.10. The summed E-state index contributed by atoms with van der Waals surface area (Å²) in [6.07, 6.45) is 0.917. The molecule has 1 aromatic heterocycles. The van der Waals surface area contributed by atoms with E-state index in [0.29, 0.717) is 19.1 Å². The van der Waals surface area contributed by atoms with Crippen molar-refractivity contribution in [3.63, 3.8) is 0 Å². The first kappa shape index (κ1) is 23.7. The molecule has 0 saturated heterocycles. The van der Waals surface area contributed by atoms with Crippen LogP contribution in [-0.4, -0.2) is 30.6 Å². The van der Waals surface area contributed by atoms with Gasteiger partial charge in [0, 0.05) is 18.5 Å². The van der Waals surface area contributed by atoms with Crippen LogP contribution in [0.5, 0.6) is 5.75 Å². The van der Waals surface area contributed by atoms with Gasteiger partial charge in [-0.1, -0.05) is 26.0 Å². The number of guanidine groups is 1. The molecule has 1 aromatic carbocycles. The number of aliphatic imine (C=N–C) groups is 1. The fourth-order valence-corrected chi connectivity index (χ4v) is 3.31. The molecule has 0 aliphatic carbocycles. The largest absolute Gasteiger partial charge is 0.494 e. The molecule has 1 heterocycles. The second-order valence-corrected chi connectivity index (χ2v) is 7.22. The zero-order chi connectivity index (χ0) is 18.8. The summed E-state index contributed by atoms with van der Waals surface area (Å²) in [4.78, 5) is 9.29. The second kappa shape index (κ2) is 12.9. The average molecular weight is 502 g/mol. The summed E-state index contributed by atoms with van der Waals surface area (Å²) < 4.78 is 5.56. The number of hydrogen-bond acceptors (Lipinski definition) is 4. The fourth-order valence-electron chi connectivity index (χ4n) is 2.43. The molecule has 0 fully saturated rings. The number of hydrogen-bond donors (Lipinski definition) is 2. The molecule has 0 atom stereocenters. The molecule has 150 valence electrons. The van der Waals surface area contributed by atoms with E-state index in [1.54, 1.807) is 11.3 Å². The third kappa shape index (κ3) is 8.47. The van der Waals surface area contributed by atoms with Gasteiger partial charge in [-0.15, -0.1) is 35.3 Å². The Morgan fingerprint density at radius 3 is 2.74 bits per heavy atom. The Morgan fingerprint density at radius 2 is 2.07 bits per heavy atom. The second-order valence-electron chi connectivity index (χ2n) is 6.27. The molecule has 2 aromatic rings. The van der Waals surface area contributed by atoms with Crippen LogP contribution in [0.2, 0.25) is 0 Å². The van der Waals surface area contributed by atoms with Crippen molar-refractivity contribution in [2.24, 2.45) is 4.99 Å². The Labute approximate surface area is 184 Å². The van der Waals surface area contributed by atoms with Crippen LogP contribution in [0.3, 0.4) is 0 Å². The Balaban J connectivity index is 0.00000364. The van der Waals surface area contributed by atoms with Crippen LogP contribution in [0, 0.1) is 0 Å². The van der Waals surface area contributed by atoms with E-state index in [4.69, 9.17) is 4.74 Å². The molecule has 27 heavy (non-hydrogen) atoms. The summed E-state index contributed by atoms with van der Waals surface area (Å²) in [5.41, 5.74) is 2.40. The van der Waals surface area contributed by atoms with E-state index in [1.807, 2.05) is 19.1 Å². The van der Waals surface area contributed by atoms with Crippen molar-refractivity contribution in [1.29, 1.82) is 0 Å². The lowest BCUT2D eigenvalue weighted by molar-refractivity contribution is 0.340. The summed E-state index contributed by atoms with van der Waals surface area (Å²) in [5.74, 6) is 2.22. The van der Waals surface area contributed by atoms with Gasteiger partial charge >= 0.3 is 0 Å². The van der Waals surface area contributed by atoms with Crippen LogP contribution < -0.4 is 15.4 Å². The third-order valence-electron chi connectivity index (χ3n) is 3.79. The molecular formula is C20H31IN4OS. The molecule has 0 radical (unpaired) electrons. The van der Waals surface area contributed by atoms with E-state index in [1.165, 1.54) is 5.56 Å². The quantitative estimate of drug-likeness (QED) is 0.300. The van der Waals surface area contributed by atoms with Crippen LogP contribution >= 0.6 is 35.3 Å². The standard InChI is InChI=1S/C20H30N4OS.HI/c1-5-21-20(23-13-19-24-18(14-26-19)15(3)4)22-11-10-16-8-7-9-17(12-16)25-6-2;/h7-9,12,14-15H,5-6,10-11,13H2,1-4H3,(H2,21,22,23);1H. The van der Waals surface area contributed by atoms with Crippen LogP contribution in [-0.2, 0) is 13.0 Å². The number of nitrogens with zero attached hydrogens (tertiary/aromatic N) is 2. The van der Waals surface area contributed by atoms with Gasteiger partial charge in [-0.25, -0.2) is 9.98 Å². The summed E-state index contributed by atoms with van der Waals surface area (Å²) >= 11 is 1.68. The zero-order valence-electron chi connectivity index (χ0n) is 16.6. The highest BCUT2D eigenvalue weighted by molar-refractivity contribution is 14.0. The van der Waals surface area contributed by atoms with Gasteiger partial charge in [-0.3, -0.25) is 0 Å². The van der Waals surface area contributed by atoms with Crippen LogP contribution in [0.1, 0.15) is 49.9 Å². The van der Waals surface area contributed by atoms with Crippen molar-refractivity contribution < 1.29 is 4.74 Å². The molecule has 7 heteroatoms. The monoisotopic (exact) mass is 502 g/mol. The molecular weight excluding hydrogens is 471 g/mol. The number of benzene rings is 1. The summed E-state index contributed by atoms with van der Waals surface area (Å²) in [6, 6.07) is 8.25. The smallest absolute Gasteiger partial charge is 0.191 e. The molecule has 2 rings (SSSR count). The maximum atomic E-state index is 5.56. The SMILES string of the molecule is CCNC(=NCc1nc(C(C)C)cs1)NCCc1cccc(OCC)c1.I. The summed E-state index contributed by atoms with van der Waals surface area (Å²) in [7, 11) is 0. The van der Waals surface area contributed by atoms with Crippen molar-refractivity contribution in [1.82, 2.24) is 15.6 Å². The lowest BCUT2D eigenvalue weighted by Crippen LogP contribution is -2.38. The fraction of sp³-hybridized carbons (Fsp3) is 0.500. The Kier molecular flexibility index (Phi) is 11.3. The minimum absolute atomic E-state index is 0. The highest BCUT2D eigenvalue weighted by atomic mass is 127. The zero-order valence-corrected chi connectivity index (χ0v) is 19.8. The predicted octanol–water partition coefficient (Wildman–Crippen LogP) is 4.58. The Hall–Kier alpha value is -1.35. The molecule has 0 bridgehead atoms. The van der Waals surface area contributed by atoms with Crippen molar-refractivity contribution in [2.45, 2.75) is 46.6 Å². The molecule has 0 aliphatic heterocycles. The van der Waals surface area contributed by atoms with Crippen LogP contribution in [0.4, 0.5) is 0 Å². The predicted molar refractivity (Wildman–Crippen MR) is 126 cm³/mol. The van der Waals surface area contributed by atoms with Gasteiger partial charge in [0.2, 0.25) is 0 Å². The van der Waals surface area contributed by atoms with E-state index < -0.39 is 0 Å². The van der Waals surface area contributed by atoms with Gasteiger partial charge in [0.1, 0.15) is 10.8 Å². The number of ether oxygens (including phenoxy) is 1. The minimum Gasteiger partial charge on any atom is -0.494 e. The van der Waals surface area contributed by atoms with E-state index in [9.17, 15) is 0 Å². The highest BCUT2D eigenvalue weighted by Gasteiger charge is 2.06. The lowest BCUT2D eigenvalue weighted by Gasteiger charge is -2.11. The van der Waals surface area contributed by atoms with E-state index >= 15 is 0 Å². The molecule has 0 spiro atoms. The Bertz CT molecular complexity index is 703. The highest BCUT2D eigenvalue weighted by Crippen LogP contribution is 2.18. The summed E-state index contributed by atoms with van der Waals surface area (Å²) in [6.45, 7) is 11.3. The molecule has 0 aliphatic rings. The van der Waals surface area contributed by atoms with Crippen molar-refractivity contribution >= 4 is 41.3 Å². The lowest BCUT2D eigenvalue weighted by atomic mass is 10.1. The first-order chi connectivity index (χ1) is 12.6. The molecule has 5 nitrogen and oxygen atoms in total. The van der Waals surface area contributed by atoms with E-state index in [2.05, 4.69) is 58.9 Å². The first-order valence-corrected chi connectivity index (χ1v) is 10.2. The number of halogens is 1. The van der Waals surface area contributed by atoms with E-state index in [0.717, 1.165) is 41.9 Å². The number of aromatic nitrogens is 1. The maximum absolute atomic E-state index is 5.56. The number of thiazole rings is 1. The van der Waals surface area contributed by atoms with Gasteiger partial charge in [-0.2, -0.15) is 0 Å². The Morgan fingerprint density at radius 1 is 1.26 bits per heavy atom. The van der Waals surface area contributed by atoms with E-state index in [-0.39, 0.29) is 24.0 Å².